The molecule has 4 rings (SSSR count). The van der Waals surface area contributed by atoms with Crippen molar-refractivity contribution in [2.45, 2.75) is 31.8 Å². The van der Waals surface area contributed by atoms with Crippen molar-refractivity contribution >= 4 is 5.91 Å². The number of carbonyl (C=O) groups excluding carboxylic acids is 1. The number of rotatable bonds is 4. The summed E-state index contributed by atoms with van der Waals surface area (Å²) in [6, 6.07) is 10.2. The molecule has 1 aliphatic carbocycles. The standard InChI is InChI=1S/C19H22N2O3/c1-13(14-5-8-17-18(12-14)24-11-10-23-17)20(2)19(22)16-4-3-9-21(16)15-6-7-15/h3-5,8-9,12-13,15H,6-7,10-11H2,1-2H3. The molecule has 0 saturated heterocycles. The molecule has 1 atom stereocenters. The van der Waals surface area contributed by atoms with Gasteiger partial charge < -0.3 is 18.9 Å². The summed E-state index contributed by atoms with van der Waals surface area (Å²) in [7, 11) is 1.86. The number of carbonyl (C=O) groups is 1. The Morgan fingerprint density at radius 1 is 1.21 bits per heavy atom. The summed E-state index contributed by atoms with van der Waals surface area (Å²) in [5.74, 6) is 1.58. The summed E-state index contributed by atoms with van der Waals surface area (Å²) >= 11 is 0. The lowest BCUT2D eigenvalue weighted by molar-refractivity contribution is 0.0731. The Kier molecular flexibility index (Phi) is 3.71. The van der Waals surface area contributed by atoms with Crippen molar-refractivity contribution in [2.75, 3.05) is 20.3 Å². The maximum atomic E-state index is 12.9. The molecule has 0 N–H and O–H groups in total. The lowest BCUT2D eigenvalue weighted by Crippen LogP contribution is -2.31. The van der Waals surface area contributed by atoms with Crippen molar-refractivity contribution in [2.24, 2.45) is 0 Å². The van der Waals surface area contributed by atoms with Crippen molar-refractivity contribution in [1.82, 2.24) is 9.47 Å². The van der Waals surface area contributed by atoms with Gasteiger partial charge in [-0.15, -0.1) is 0 Å². The Labute approximate surface area is 141 Å². The van der Waals surface area contributed by atoms with Crippen LogP contribution in [0.5, 0.6) is 11.5 Å². The van der Waals surface area contributed by atoms with E-state index >= 15 is 0 Å². The lowest BCUT2D eigenvalue weighted by Gasteiger charge is -2.27. The number of fused-ring (bicyclic) bond motifs is 1. The van der Waals surface area contributed by atoms with E-state index in [4.69, 9.17) is 9.47 Å². The van der Waals surface area contributed by atoms with Gasteiger partial charge in [0.15, 0.2) is 11.5 Å². The first-order valence-corrected chi connectivity index (χ1v) is 8.48. The zero-order valence-corrected chi connectivity index (χ0v) is 14.1. The molecule has 2 aromatic rings. The zero-order valence-electron chi connectivity index (χ0n) is 14.1. The Morgan fingerprint density at radius 3 is 2.71 bits per heavy atom. The fourth-order valence-electron chi connectivity index (χ4n) is 3.15. The SMILES string of the molecule is CC(c1ccc2c(c1)OCCO2)N(C)C(=O)c1cccn1C1CC1. The summed E-state index contributed by atoms with van der Waals surface area (Å²) in [4.78, 5) is 14.7. The van der Waals surface area contributed by atoms with Gasteiger partial charge in [-0.1, -0.05) is 6.07 Å². The van der Waals surface area contributed by atoms with E-state index in [1.807, 2.05) is 50.5 Å². The largest absolute Gasteiger partial charge is 0.486 e. The molecule has 1 saturated carbocycles. The monoisotopic (exact) mass is 326 g/mol. The average Bonchev–Trinajstić information content (AvgIpc) is 3.36. The fraction of sp³-hybridized carbons (Fsp3) is 0.421. The predicted octanol–water partition coefficient (Wildman–Crippen LogP) is 3.43. The molecule has 5 heteroatoms. The lowest BCUT2D eigenvalue weighted by atomic mass is 10.1. The first kappa shape index (κ1) is 15.1. The molecule has 1 aliphatic heterocycles. The Morgan fingerprint density at radius 2 is 1.96 bits per heavy atom. The van der Waals surface area contributed by atoms with Gasteiger partial charge in [-0.25, -0.2) is 0 Å². The van der Waals surface area contributed by atoms with Crippen LogP contribution in [0, 0.1) is 0 Å². The second kappa shape index (κ2) is 5.89. The number of benzene rings is 1. The van der Waals surface area contributed by atoms with Gasteiger partial charge in [-0.3, -0.25) is 4.79 Å². The van der Waals surface area contributed by atoms with E-state index in [1.165, 1.54) is 0 Å². The molecule has 2 aliphatic rings. The Balaban J connectivity index is 1.56. The van der Waals surface area contributed by atoms with Crippen LogP contribution in [-0.2, 0) is 0 Å². The van der Waals surface area contributed by atoms with Gasteiger partial charge >= 0.3 is 0 Å². The third-order valence-corrected chi connectivity index (χ3v) is 4.89. The van der Waals surface area contributed by atoms with Crippen LogP contribution in [0.25, 0.3) is 0 Å². The van der Waals surface area contributed by atoms with Gasteiger partial charge in [0.25, 0.3) is 5.91 Å². The van der Waals surface area contributed by atoms with Gasteiger partial charge in [0.05, 0.1) is 6.04 Å². The molecule has 1 amide bonds. The molecule has 0 radical (unpaired) electrons. The molecular weight excluding hydrogens is 304 g/mol. The van der Waals surface area contributed by atoms with Crippen LogP contribution in [0.1, 0.15) is 47.9 Å². The van der Waals surface area contributed by atoms with E-state index in [0.717, 1.165) is 35.6 Å². The van der Waals surface area contributed by atoms with Crippen LogP contribution in [0.4, 0.5) is 0 Å². The van der Waals surface area contributed by atoms with Crippen LogP contribution in [0.15, 0.2) is 36.5 Å². The smallest absolute Gasteiger partial charge is 0.270 e. The van der Waals surface area contributed by atoms with Gasteiger partial charge in [-0.05, 0) is 49.6 Å². The molecule has 24 heavy (non-hydrogen) atoms. The van der Waals surface area contributed by atoms with Crippen LogP contribution in [-0.4, -0.2) is 35.6 Å². The summed E-state index contributed by atoms with van der Waals surface area (Å²) in [5.41, 5.74) is 1.81. The maximum absolute atomic E-state index is 12.9. The van der Waals surface area contributed by atoms with Crippen molar-refractivity contribution in [3.05, 3.63) is 47.8 Å². The van der Waals surface area contributed by atoms with E-state index in [0.29, 0.717) is 19.3 Å². The quantitative estimate of drug-likeness (QED) is 0.864. The van der Waals surface area contributed by atoms with E-state index < -0.39 is 0 Å². The van der Waals surface area contributed by atoms with Gasteiger partial charge in [0.2, 0.25) is 0 Å². The minimum atomic E-state index is -0.0455. The molecule has 126 valence electrons. The normalized spacial score (nSPS) is 17.4. The molecule has 1 fully saturated rings. The van der Waals surface area contributed by atoms with Crippen molar-refractivity contribution in [1.29, 1.82) is 0 Å². The van der Waals surface area contributed by atoms with Crippen LogP contribution in [0.2, 0.25) is 0 Å². The second-order valence-corrected chi connectivity index (χ2v) is 6.53. The maximum Gasteiger partial charge on any atom is 0.270 e. The van der Waals surface area contributed by atoms with Crippen molar-refractivity contribution in [3.63, 3.8) is 0 Å². The molecular formula is C19H22N2O3. The van der Waals surface area contributed by atoms with Crippen LogP contribution in [0.3, 0.4) is 0 Å². The number of hydrogen-bond acceptors (Lipinski definition) is 3. The van der Waals surface area contributed by atoms with E-state index in [-0.39, 0.29) is 11.9 Å². The third kappa shape index (κ3) is 2.64. The molecule has 5 nitrogen and oxygen atoms in total. The van der Waals surface area contributed by atoms with Crippen molar-refractivity contribution < 1.29 is 14.3 Å². The van der Waals surface area contributed by atoms with Gasteiger partial charge in [0.1, 0.15) is 18.9 Å². The summed E-state index contributed by atoms with van der Waals surface area (Å²) < 4.78 is 13.3. The highest BCUT2D eigenvalue weighted by Gasteiger charge is 2.29. The number of nitrogens with zero attached hydrogens (tertiary/aromatic N) is 2. The third-order valence-electron chi connectivity index (χ3n) is 4.89. The average molecular weight is 326 g/mol. The zero-order chi connectivity index (χ0) is 16.7. The number of amides is 1. The predicted molar refractivity (Wildman–Crippen MR) is 90.6 cm³/mol. The first-order valence-electron chi connectivity index (χ1n) is 8.48. The molecule has 0 spiro atoms. The van der Waals surface area contributed by atoms with Crippen molar-refractivity contribution in [3.8, 4) is 11.5 Å². The highest BCUT2D eigenvalue weighted by atomic mass is 16.6. The molecule has 1 aromatic heterocycles. The summed E-state index contributed by atoms with van der Waals surface area (Å²) in [6.45, 7) is 3.18. The topological polar surface area (TPSA) is 43.7 Å². The highest BCUT2D eigenvalue weighted by molar-refractivity contribution is 5.93. The minimum Gasteiger partial charge on any atom is -0.486 e. The van der Waals surface area contributed by atoms with E-state index in [2.05, 4.69) is 4.57 Å². The molecule has 1 unspecified atom stereocenters. The van der Waals surface area contributed by atoms with Crippen LogP contribution < -0.4 is 9.47 Å². The van der Waals surface area contributed by atoms with E-state index in [9.17, 15) is 4.79 Å². The molecule has 0 bridgehead atoms. The number of aromatic nitrogens is 1. The first-order chi connectivity index (χ1) is 11.6. The second-order valence-electron chi connectivity index (χ2n) is 6.53. The minimum absolute atomic E-state index is 0.0455. The van der Waals surface area contributed by atoms with Crippen LogP contribution >= 0.6 is 0 Å². The number of hydrogen-bond donors (Lipinski definition) is 0. The fourth-order valence-corrected chi connectivity index (χ4v) is 3.15. The van der Waals surface area contributed by atoms with Gasteiger partial charge in [0, 0.05) is 19.3 Å². The summed E-state index contributed by atoms with van der Waals surface area (Å²) in [6.07, 6.45) is 4.33. The summed E-state index contributed by atoms with van der Waals surface area (Å²) in [5, 5.41) is 0. The Hall–Kier alpha value is -2.43. The highest BCUT2D eigenvalue weighted by Crippen LogP contribution is 2.37. The molecule has 1 aromatic carbocycles. The van der Waals surface area contributed by atoms with E-state index in [1.54, 1.807) is 4.90 Å². The Bertz CT molecular complexity index is 764. The number of ether oxygens (including phenoxy) is 2. The van der Waals surface area contributed by atoms with Gasteiger partial charge in [-0.2, -0.15) is 0 Å². The molecule has 2 heterocycles.